The Morgan fingerprint density at radius 1 is 1.26 bits per heavy atom. The van der Waals surface area contributed by atoms with Crippen LogP contribution in [0.5, 0.6) is 5.75 Å². The summed E-state index contributed by atoms with van der Waals surface area (Å²) in [5, 5.41) is 9.43. The van der Waals surface area contributed by atoms with E-state index >= 15 is 0 Å². The number of anilines is 1. The van der Waals surface area contributed by atoms with Crippen LogP contribution in [-0.4, -0.2) is 19.3 Å². The van der Waals surface area contributed by atoms with Crippen molar-refractivity contribution in [2.45, 2.75) is 39.0 Å². The molecule has 5 heteroatoms. The van der Waals surface area contributed by atoms with Crippen molar-refractivity contribution in [2.75, 3.05) is 10.5 Å². The van der Waals surface area contributed by atoms with Gasteiger partial charge in [0.25, 0.3) is 0 Å². The summed E-state index contributed by atoms with van der Waals surface area (Å²) in [6.45, 7) is 1.74. The van der Waals surface area contributed by atoms with Gasteiger partial charge in [0.05, 0.1) is 5.75 Å². The normalized spacial score (nSPS) is 17.3. The first-order valence-electron chi connectivity index (χ1n) is 6.76. The molecule has 1 saturated carbocycles. The molecule has 19 heavy (non-hydrogen) atoms. The summed E-state index contributed by atoms with van der Waals surface area (Å²) in [5.41, 5.74) is 1.18. The summed E-state index contributed by atoms with van der Waals surface area (Å²) in [6.07, 6.45) is 5.52. The van der Waals surface area contributed by atoms with Crippen LogP contribution in [0, 0.1) is 12.8 Å². The summed E-state index contributed by atoms with van der Waals surface area (Å²) in [7, 11) is -3.30. The molecule has 1 aliphatic carbocycles. The first-order valence-corrected chi connectivity index (χ1v) is 8.41. The highest BCUT2D eigenvalue weighted by Gasteiger charge is 2.21. The smallest absolute Gasteiger partial charge is 0.232 e. The summed E-state index contributed by atoms with van der Waals surface area (Å²) in [6, 6.07) is 4.74. The molecule has 4 nitrogen and oxygen atoms in total. The van der Waals surface area contributed by atoms with Crippen molar-refractivity contribution in [3.63, 3.8) is 0 Å². The Morgan fingerprint density at radius 3 is 2.58 bits per heavy atom. The molecular weight excluding hydrogens is 262 g/mol. The number of aryl methyl sites for hydroxylation is 1. The molecule has 106 valence electrons. The lowest BCUT2D eigenvalue weighted by molar-refractivity contribution is 0.385. The van der Waals surface area contributed by atoms with Crippen LogP contribution >= 0.6 is 0 Å². The monoisotopic (exact) mass is 283 g/mol. The van der Waals surface area contributed by atoms with Crippen LogP contribution < -0.4 is 4.72 Å². The highest BCUT2D eigenvalue weighted by Crippen LogP contribution is 2.26. The standard InChI is InChI=1S/C14H21NO3S/c1-11-9-13(7-8-14(11)16)15-19(17,18)10-12-5-3-2-4-6-12/h7-9,12,15-16H,2-6,10H2,1H3. The topological polar surface area (TPSA) is 66.4 Å². The molecule has 1 aliphatic rings. The quantitative estimate of drug-likeness (QED) is 0.835. The van der Waals surface area contributed by atoms with Crippen LogP contribution in [0.3, 0.4) is 0 Å². The van der Waals surface area contributed by atoms with Crippen molar-refractivity contribution in [1.29, 1.82) is 0 Å². The van der Waals surface area contributed by atoms with Crippen molar-refractivity contribution in [3.05, 3.63) is 23.8 Å². The number of rotatable bonds is 4. The predicted octanol–water partition coefficient (Wildman–Crippen LogP) is 3.02. The fourth-order valence-electron chi connectivity index (χ4n) is 2.60. The lowest BCUT2D eigenvalue weighted by atomic mass is 9.91. The van der Waals surface area contributed by atoms with Gasteiger partial charge in [-0.15, -0.1) is 0 Å². The zero-order chi connectivity index (χ0) is 13.9. The fourth-order valence-corrected chi connectivity index (χ4v) is 4.13. The van der Waals surface area contributed by atoms with Gasteiger partial charge in [-0.3, -0.25) is 4.72 Å². The highest BCUT2D eigenvalue weighted by atomic mass is 32.2. The molecule has 0 aromatic heterocycles. The largest absolute Gasteiger partial charge is 0.508 e. The number of phenolic OH excluding ortho intramolecular Hbond substituents is 1. The number of hydrogen-bond donors (Lipinski definition) is 2. The van der Waals surface area contributed by atoms with Crippen LogP contribution in [0.2, 0.25) is 0 Å². The molecule has 0 unspecified atom stereocenters. The minimum Gasteiger partial charge on any atom is -0.508 e. The van der Waals surface area contributed by atoms with E-state index in [2.05, 4.69) is 4.72 Å². The first-order chi connectivity index (χ1) is 8.96. The average Bonchev–Trinajstić information content (AvgIpc) is 2.34. The van der Waals surface area contributed by atoms with Crippen LogP contribution in [0.1, 0.15) is 37.7 Å². The Morgan fingerprint density at radius 2 is 1.95 bits per heavy atom. The van der Waals surface area contributed by atoms with E-state index in [1.165, 1.54) is 12.5 Å². The van der Waals surface area contributed by atoms with Crippen LogP contribution in [0.4, 0.5) is 5.69 Å². The molecule has 1 fully saturated rings. The van der Waals surface area contributed by atoms with Crippen LogP contribution in [0.15, 0.2) is 18.2 Å². The second-order valence-corrected chi connectivity index (χ2v) is 7.16. The molecule has 0 bridgehead atoms. The molecular formula is C14H21NO3S. The second-order valence-electron chi connectivity index (χ2n) is 5.39. The number of hydrogen-bond acceptors (Lipinski definition) is 3. The predicted molar refractivity (Wildman–Crippen MR) is 76.8 cm³/mol. The molecule has 0 aliphatic heterocycles. The third-order valence-corrected chi connectivity index (χ3v) is 5.11. The van der Waals surface area contributed by atoms with Crippen molar-refractivity contribution < 1.29 is 13.5 Å². The van der Waals surface area contributed by atoms with Crippen molar-refractivity contribution in [3.8, 4) is 5.75 Å². The summed E-state index contributed by atoms with van der Waals surface area (Å²) >= 11 is 0. The highest BCUT2D eigenvalue weighted by molar-refractivity contribution is 7.92. The number of nitrogens with one attached hydrogen (secondary N) is 1. The Hall–Kier alpha value is -1.23. The third-order valence-electron chi connectivity index (χ3n) is 3.65. The van der Waals surface area contributed by atoms with Crippen LogP contribution in [0.25, 0.3) is 0 Å². The molecule has 2 rings (SSSR count). The van der Waals surface area contributed by atoms with Gasteiger partial charge >= 0.3 is 0 Å². The molecule has 2 N–H and O–H groups in total. The van der Waals surface area contributed by atoms with E-state index < -0.39 is 10.0 Å². The van der Waals surface area contributed by atoms with Crippen molar-refractivity contribution >= 4 is 15.7 Å². The Bertz CT molecular complexity index is 534. The maximum absolute atomic E-state index is 12.1. The van der Waals surface area contributed by atoms with E-state index in [0.717, 1.165) is 25.7 Å². The van der Waals surface area contributed by atoms with E-state index in [1.54, 1.807) is 19.1 Å². The average molecular weight is 283 g/mol. The summed E-state index contributed by atoms with van der Waals surface area (Å²) < 4.78 is 26.8. The molecule has 1 aromatic rings. The number of aromatic hydroxyl groups is 1. The Labute approximate surface area is 114 Å². The molecule has 0 amide bonds. The third kappa shape index (κ3) is 4.13. The van der Waals surface area contributed by atoms with E-state index in [-0.39, 0.29) is 17.4 Å². The minimum absolute atomic E-state index is 0.176. The molecule has 1 aromatic carbocycles. The van der Waals surface area contributed by atoms with Gasteiger partial charge in [-0.05, 0) is 49.4 Å². The number of benzene rings is 1. The molecule has 0 atom stereocenters. The van der Waals surface area contributed by atoms with Crippen molar-refractivity contribution in [1.82, 2.24) is 0 Å². The van der Waals surface area contributed by atoms with Gasteiger partial charge in [-0.2, -0.15) is 0 Å². The maximum Gasteiger partial charge on any atom is 0.232 e. The fraction of sp³-hybridized carbons (Fsp3) is 0.571. The van der Waals surface area contributed by atoms with Gasteiger partial charge in [-0.25, -0.2) is 8.42 Å². The van der Waals surface area contributed by atoms with Gasteiger partial charge in [0, 0.05) is 5.69 Å². The Kier molecular flexibility index (Phi) is 4.34. The summed E-state index contributed by atoms with van der Waals surface area (Å²) in [4.78, 5) is 0. The zero-order valence-corrected chi connectivity index (χ0v) is 12.0. The van der Waals surface area contributed by atoms with Gasteiger partial charge in [-0.1, -0.05) is 19.3 Å². The lowest BCUT2D eigenvalue weighted by Crippen LogP contribution is -2.24. The van der Waals surface area contributed by atoms with E-state index in [1.807, 2.05) is 0 Å². The van der Waals surface area contributed by atoms with E-state index in [9.17, 15) is 13.5 Å². The van der Waals surface area contributed by atoms with Crippen molar-refractivity contribution in [2.24, 2.45) is 5.92 Å². The Balaban J connectivity index is 2.01. The maximum atomic E-state index is 12.1. The summed E-state index contributed by atoms with van der Waals surface area (Å²) in [5.74, 6) is 0.659. The van der Waals surface area contributed by atoms with Gasteiger partial charge < -0.3 is 5.11 Å². The molecule has 0 heterocycles. The molecule has 0 spiro atoms. The van der Waals surface area contributed by atoms with Gasteiger partial charge in [0.2, 0.25) is 10.0 Å². The molecule has 0 radical (unpaired) electrons. The second kappa shape index (κ2) is 5.82. The molecule has 0 saturated heterocycles. The lowest BCUT2D eigenvalue weighted by Gasteiger charge is -2.21. The van der Waals surface area contributed by atoms with E-state index in [0.29, 0.717) is 11.3 Å². The van der Waals surface area contributed by atoms with E-state index in [4.69, 9.17) is 0 Å². The number of phenols is 1. The van der Waals surface area contributed by atoms with Crippen LogP contribution in [-0.2, 0) is 10.0 Å². The minimum atomic E-state index is -3.30. The number of sulfonamides is 1. The SMILES string of the molecule is Cc1cc(NS(=O)(=O)CC2CCCCC2)ccc1O. The van der Waals surface area contributed by atoms with Gasteiger partial charge in [0.15, 0.2) is 0 Å². The van der Waals surface area contributed by atoms with Gasteiger partial charge in [0.1, 0.15) is 5.75 Å². The zero-order valence-electron chi connectivity index (χ0n) is 11.2. The first kappa shape index (κ1) is 14.2.